The fourth-order valence-corrected chi connectivity index (χ4v) is 4.18. The Balaban J connectivity index is 1.42. The summed E-state index contributed by atoms with van der Waals surface area (Å²) in [6.07, 6.45) is 5.04. The van der Waals surface area contributed by atoms with E-state index < -0.39 is 0 Å². The van der Waals surface area contributed by atoms with Gasteiger partial charge in [0, 0.05) is 34.2 Å². The highest BCUT2D eigenvalue weighted by atomic mass is 19.1. The maximum absolute atomic E-state index is 13.0. The predicted octanol–water partition coefficient (Wildman–Crippen LogP) is 4.42. The van der Waals surface area contributed by atoms with Crippen molar-refractivity contribution in [2.24, 2.45) is 0 Å². The van der Waals surface area contributed by atoms with E-state index in [2.05, 4.69) is 17.5 Å². The van der Waals surface area contributed by atoms with E-state index in [4.69, 9.17) is 0 Å². The maximum Gasteiger partial charge on any atom is 0.255 e. The maximum atomic E-state index is 13.0. The zero-order chi connectivity index (χ0) is 19.4. The first kappa shape index (κ1) is 16.6. The summed E-state index contributed by atoms with van der Waals surface area (Å²) in [6, 6.07) is 12.1. The van der Waals surface area contributed by atoms with Crippen LogP contribution in [0.1, 0.15) is 39.7 Å². The summed E-state index contributed by atoms with van der Waals surface area (Å²) in [7, 11) is 0. The number of halogens is 1. The van der Waals surface area contributed by atoms with Crippen LogP contribution in [-0.4, -0.2) is 20.7 Å². The first-order chi connectivity index (χ1) is 13.5. The molecule has 1 amide bonds. The number of fused-ring (bicyclic) bond motifs is 5. The van der Waals surface area contributed by atoms with E-state index in [0.29, 0.717) is 16.9 Å². The number of allylic oxidation sites excluding steroid dienone is 2. The lowest BCUT2D eigenvalue weighted by molar-refractivity contribution is 0.102. The molecule has 3 N–H and O–H groups in total. The minimum absolute atomic E-state index is 0.0489. The van der Waals surface area contributed by atoms with Crippen LogP contribution in [0.5, 0.6) is 11.8 Å². The van der Waals surface area contributed by atoms with Gasteiger partial charge in [-0.2, -0.15) is 0 Å². The number of amides is 1. The van der Waals surface area contributed by atoms with Gasteiger partial charge in [0.2, 0.25) is 11.8 Å². The molecule has 0 unspecified atom stereocenters. The summed E-state index contributed by atoms with van der Waals surface area (Å²) >= 11 is 0. The molecule has 0 aliphatic heterocycles. The van der Waals surface area contributed by atoms with Gasteiger partial charge in [-0.25, -0.2) is 4.39 Å². The molecule has 2 aliphatic carbocycles. The summed E-state index contributed by atoms with van der Waals surface area (Å²) in [6.45, 7) is 0. The normalized spacial score (nSPS) is 19.0. The monoisotopic (exact) mass is 376 g/mol. The van der Waals surface area contributed by atoms with Crippen LogP contribution in [0.4, 0.5) is 10.1 Å². The fourth-order valence-electron chi connectivity index (χ4n) is 4.18. The van der Waals surface area contributed by atoms with Gasteiger partial charge in [0.25, 0.3) is 5.91 Å². The van der Waals surface area contributed by atoms with Crippen molar-refractivity contribution in [3.05, 3.63) is 83.2 Å². The number of nitrogens with zero attached hydrogens (tertiary/aromatic N) is 1. The standard InChI is InChI=1S/C22H17FN2O3/c23-15-5-7-16(8-6-15)24-20(26)12-3-9-17(10-4-12)25-21(27)18-13-1-2-14(11-13)19(18)22(25)28/h1-10,13-14,27-28H,11H2,(H,24,26)/t13-,14+. The van der Waals surface area contributed by atoms with Crippen molar-refractivity contribution in [2.75, 3.05) is 5.32 Å². The van der Waals surface area contributed by atoms with Crippen molar-refractivity contribution in [3.8, 4) is 17.4 Å². The molecule has 0 saturated heterocycles. The Kier molecular flexibility index (Phi) is 3.55. The average Bonchev–Trinajstić information content (AvgIpc) is 3.38. The minimum Gasteiger partial charge on any atom is -0.494 e. The van der Waals surface area contributed by atoms with Gasteiger partial charge in [-0.05, 0) is 55.0 Å². The number of anilines is 1. The molecule has 2 atom stereocenters. The van der Waals surface area contributed by atoms with Gasteiger partial charge in [-0.15, -0.1) is 0 Å². The molecular formula is C22H17FN2O3. The molecule has 2 aliphatic rings. The number of hydrogen-bond acceptors (Lipinski definition) is 3. The van der Waals surface area contributed by atoms with E-state index in [1.54, 1.807) is 24.3 Å². The molecule has 140 valence electrons. The summed E-state index contributed by atoms with van der Waals surface area (Å²) in [5, 5.41) is 24.0. The molecule has 3 aromatic rings. The molecule has 0 spiro atoms. The molecule has 2 aromatic carbocycles. The molecule has 0 saturated carbocycles. The summed E-state index contributed by atoms with van der Waals surface area (Å²) in [4.78, 5) is 12.4. The van der Waals surface area contributed by atoms with Gasteiger partial charge in [-0.3, -0.25) is 9.36 Å². The highest BCUT2D eigenvalue weighted by Crippen LogP contribution is 2.57. The molecule has 28 heavy (non-hydrogen) atoms. The fraction of sp³-hybridized carbons (Fsp3) is 0.136. The number of aromatic hydroxyl groups is 2. The SMILES string of the molecule is O=C(Nc1ccc(F)cc1)c1ccc(-n2c(O)c3c(c2O)[C@H]2C=C[C@@H]3C2)cc1. The van der Waals surface area contributed by atoms with E-state index in [1.807, 2.05) is 0 Å². The van der Waals surface area contributed by atoms with Crippen molar-refractivity contribution in [1.29, 1.82) is 0 Å². The lowest BCUT2D eigenvalue weighted by atomic mass is 10.0. The largest absolute Gasteiger partial charge is 0.494 e. The molecule has 5 nitrogen and oxygen atoms in total. The number of hydrogen-bond donors (Lipinski definition) is 3. The minimum atomic E-state index is -0.371. The number of rotatable bonds is 3. The highest BCUT2D eigenvalue weighted by molar-refractivity contribution is 6.04. The van der Waals surface area contributed by atoms with Crippen molar-refractivity contribution in [1.82, 2.24) is 4.57 Å². The number of carbonyl (C=O) groups excluding carboxylic acids is 1. The Morgan fingerprint density at radius 2 is 1.50 bits per heavy atom. The summed E-state index contributed by atoms with van der Waals surface area (Å²) < 4.78 is 14.4. The molecule has 2 bridgehead atoms. The quantitative estimate of drug-likeness (QED) is 0.593. The summed E-state index contributed by atoms with van der Waals surface area (Å²) in [5.74, 6) is -0.311. The first-order valence-electron chi connectivity index (χ1n) is 9.05. The van der Waals surface area contributed by atoms with Gasteiger partial charge in [0.1, 0.15) is 5.82 Å². The number of aromatic nitrogens is 1. The van der Waals surface area contributed by atoms with Gasteiger partial charge < -0.3 is 15.5 Å². The lowest BCUT2D eigenvalue weighted by Gasteiger charge is -2.11. The second-order valence-corrected chi connectivity index (χ2v) is 7.15. The second kappa shape index (κ2) is 5.99. The third-order valence-corrected chi connectivity index (χ3v) is 5.51. The smallest absolute Gasteiger partial charge is 0.255 e. The van der Waals surface area contributed by atoms with Crippen molar-refractivity contribution in [3.63, 3.8) is 0 Å². The van der Waals surface area contributed by atoms with E-state index in [-0.39, 0.29) is 35.3 Å². The van der Waals surface area contributed by atoms with Crippen molar-refractivity contribution in [2.45, 2.75) is 18.3 Å². The Hall–Kier alpha value is -3.54. The van der Waals surface area contributed by atoms with Crippen LogP contribution < -0.4 is 5.32 Å². The topological polar surface area (TPSA) is 74.5 Å². The van der Waals surface area contributed by atoms with Gasteiger partial charge in [0.05, 0.1) is 5.69 Å². The van der Waals surface area contributed by atoms with E-state index in [0.717, 1.165) is 17.5 Å². The third kappa shape index (κ3) is 2.41. The second-order valence-electron chi connectivity index (χ2n) is 7.15. The molecule has 0 radical (unpaired) electrons. The Labute approximate surface area is 160 Å². The first-order valence-corrected chi connectivity index (χ1v) is 9.05. The van der Waals surface area contributed by atoms with Crippen LogP contribution in [0.15, 0.2) is 60.7 Å². The van der Waals surface area contributed by atoms with Crippen molar-refractivity contribution >= 4 is 11.6 Å². The molecule has 0 fully saturated rings. The van der Waals surface area contributed by atoms with Gasteiger partial charge in [0.15, 0.2) is 0 Å². The zero-order valence-electron chi connectivity index (χ0n) is 14.8. The Bertz CT molecular complexity index is 1080. The van der Waals surface area contributed by atoms with Crippen LogP contribution in [-0.2, 0) is 0 Å². The molecule has 5 rings (SSSR count). The number of carbonyl (C=O) groups is 1. The summed E-state index contributed by atoms with van der Waals surface area (Å²) in [5.41, 5.74) is 3.07. The Morgan fingerprint density at radius 1 is 0.929 bits per heavy atom. The lowest BCUT2D eigenvalue weighted by Crippen LogP contribution is -2.11. The third-order valence-electron chi connectivity index (χ3n) is 5.51. The molecule has 1 aromatic heterocycles. The molecule has 6 heteroatoms. The predicted molar refractivity (Wildman–Crippen MR) is 103 cm³/mol. The van der Waals surface area contributed by atoms with Gasteiger partial charge >= 0.3 is 0 Å². The van der Waals surface area contributed by atoms with Crippen molar-refractivity contribution < 1.29 is 19.4 Å². The van der Waals surface area contributed by atoms with Gasteiger partial charge in [-0.1, -0.05) is 12.2 Å². The van der Waals surface area contributed by atoms with E-state index in [9.17, 15) is 19.4 Å². The highest BCUT2D eigenvalue weighted by Gasteiger charge is 2.41. The van der Waals surface area contributed by atoms with Crippen LogP contribution in [0.2, 0.25) is 0 Å². The Morgan fingerprint density at radius 3 is 2.07 bits per heavy atom. The molecule has 1 heterocycles. The van der Waals surface area contributed by atoms with Crippen LogP contribution in [0.3, 0.4) is 0 Å². The molecular weight excluding hydrogens is 359 g/mol. The van der Waals surface area contributed by atoms with Crippen LogP contribution in [0, 0.1) is 5.82 Å². The zero-order valence-corrected chi connectivity index (χ0v) is 14.8. The number of nitrogens with one attached hydrogen (secondary N) is 1. The van der Waals surface area contributed by atoms with E-state index >= 15 is 0 Å². The van der Waals surface area contributed by atoms with Crippen LogP contribution >= 0.6 is 0 Å². The van der Waals surface area contributed by atoms with Crippen LogP contribution in [0.25, 0.3) is 5.69 Å². The average molecular weight is 376 g/mol. The van der Waals surface area contributed by atoms with E-state index in [1.165, 1.54) is 28.8 Å². The number of benzene rings is 2.